The van der Waals surface area contributed by atoms with E-state index in [1.807, 2.05) is 18.2 Å². The highest BCUT2D eigenvalue weighted by atomic mass is 79.9. The summed E-state index contributed by atoms with van der Waals surface area (Å²) >= 11 is 9.36. The van der Waals surface area contributed by atoms with Crippen LogP contribution in [0.5, 0.6) is 0 Å². The molecule has 5 heteroatoms. The van der Waals surface area contributed by atoms with Crippen LogP contribution in [-0.4, -0.2) is 29.1 Å². The van der Waals surface area contributed by atoms with Crippen molar-refractivity contribution in [1.29, 1.82) is 0 Å². The fraction of sp³-hybridized carbons (Fsp3) is 0.462. The zero-order chi connectivity index (χ0) is 13.1. The van der Waals surface area contributed by atoms with Gasteiger partial charge in [-0.25, -0.2) is 0 Å². The van der Waals surface area contributed by atoms with Crippen LogP contribution in [0.3, 0.4) is 0 Å². The van der Waals surface area contributed by atoms with Gasteiger partial charge < -0.3 is 5.11 Å². The Kier molecular flexibility index (Phi) is 4.65. The third kappa shape index (κ3) is 3.46. The number of benzene rings is 1. The zero-order valence-corrected chi connectivity index (χ0v) is 12.2. The predicted octanol–water partition coefficient (Wildman–Crippen LogP) is 3.40. The van der Waals surface area contributed by atoms with E-state index in [1.54, 1.807) is 0 Å². The summed E-state index contributed by atoms with van der Waals surface area (Å²) < 4.78 is 0.905. The molecule has 1 aromatic carbocycles. The predicted molar refractivity (Wildman–Crippen MR) is 74.8 cm³/mol. The minimum atomic E-state index is -0.663. The number of halogens is 2. The Morgan fingerprint density at radius 1 is 1.44 bits per heavy atom. The van der Waals surface area contributed by atoms with Gasteiger partial charge in [0.25, 0.3) is 0 Å². The molecule has 0 spiro atoms. The molecular formula is C13H15BrClNO2. The van der Waals surface area contributed by atoms with Crippen molar-refractivity contribution in [3.8, 4) is 0 Å². The van der Waals surface area contributed by atoms with Crippen LogP contribution in [0.25, 0.3) is 0 Å². The molecule has 0 unspecified atom stereocenters. The molecule has 1 aliphatic heterocycles. The summed E-state index contributed by atoms with van der Waals surface area (Å²) in [5.41, 5.74) is 1.19. The fourth-order valence-electron chi connectivity index (χ4n) is 2.23. The Morgan fingerprint density at radius 3 is 2.67 bits per heavy atom. The third-order valence-corrected chi connectivity index (χ3v) is 4.54. The molecule has 3 nitrogen and oxygen atoms in total. The molecule has 0 amide bonds. The van der Waals surface area contributed by atoms with E-state index in [-0.39, 0.29) is 5.92 Å². The Hall–Kier alpha value is -0.580. The van der Waals surface area contributed by atoms with Crippen LogP contribution in [0.15, 0.2) is 22.7 Å². The summed E-state index contributed by atoms with van der Waals surface area (Å²) in [4.78, 5) is 13.1. The lowest BCUT2D eigenvalue weighted by Gasteiger charge is -2.30. The molecule has 0 aromatic heterocycles. The number of hydrogen-bond donors (Lipinski definition) is 1. The minimum Gasteiger partial charge on any atom is -0.481 e. The summed E-state index contributed by atoms with van der Waals surface area (Å²) in [6.07, 6.45) is 1.48. The van der Waals surface area contributed by atoms with E-state index >= 15 is 0 Å². The van der Waals surface area contributed by atoms with E-state index in [4.69, 9.17) is 16.7 Å². The number of carboxylic acid groups (broad SMARTS) is 1. The average molecular weight is 333 g/mol. The van der Waals surface area contributed by atoms with Crippen molar-refractivity contribution in [2.45, 2.75) is 19.4 Å². The maximum atomic E-state index is 10.9. The fourth-order valence-corrected chi connectivity index (χ4v) is 2.78. The monoisotopic (exact) mass is 331 g/mol. The number of carboxylic acids is 1. The minimum absolute atomic E-state index is 0.168. The molecule has 0 aliphatic carbocycles. The van der Waals surface area contributed by atoms with Gasteiger partial charge in [0, 0.05) is 11.0 Å². The van der Waals surface area contributed by atoms with Gasteiger partial charge in [0.1, 0.15) is 0 Å². The van der Waals surface area contributed by atoms with Crippen LogP contribution in [0, 0.1) is 5.92 Å². The highest BCUT2D eigenvalue weighted by Gasteiger charge is 2.24. The van der Waals surface area contributed by atoms with Gasteiger partial charge in [-0.3, -0.25) is 9.69 Å². The lowest BCUT2D eigenvalue weighted by Crippen LogP contribution is -2.35. The van der Waals surface area contributed by atoms with Gasteiger partial charge in [-0.05, 0) is 59.6 Å². The Morgan fingerprint density at radius 2 is 2.11 bits per heavy atom. The SMILES string of the molecule is O=C(O)C1CCN(Cc2ccc(Cl)c(Br)c2)CC1. The van der Waals surface area contributed by atoms with E-state index in [2.05, 4.69) is 20.8 Å². The van der Waals surface area contributed by atoms with Crippen LogP contribution < -0.4 is 0 Å². The number of nitrogens with zero attached hydrogens (tertiary/aromatic N) is 1. The van der Waals surface area contributed by atoms with Gasteiger partial charge in [-0.15, -0.1) is 0 Å². The largest absolute Gasteiger partial charge is 0.481 e. The van der Waals surface area contributed by atoms with E-state index in [0.29, 0.717) is 5.02 Å². The number of hydrogen-bond acceptors (Lipinski definition) is 2. The van der Waals surface area contributed by atoms with Crippen LogP contribution in [-0.2, 0) is 11.3 Å². The van der Waals surface area contributed by atoms with Crippen molar-refractivity contribution in [3.05, 3.63) is 33.3 Å². The van der Waals surface area contributed by atoms with Crippen molar-refractivity contribution in [1.82, 2.24) is 4.90 Å². The van der Waals surface area contributed by atoms with Crippen molar-refractivity contribution >= 4 is 33.5 Å². The number of likely N-dealkylation sites (tertiary alicyclic amines) is 1. The zero-order valence-electron chi connectivity index (χ0n) is 9.90. The van der Waals surface area contributed by atoms with E-state index < -0.39 is 5.97 Å². The summed E-state index contributed by atoms with van der Waals surface area (Å²) in [7, 11) is 0. The third-order valence-electron chi connectivity index (χ3n) is 3.33. The number of rotatable bonds is 3. The summed E-state index contributed by atoms with van der Waals surface area (Å²) in [6, 6.07) is 5.91. The first-order valence-electron chi connectivity index (χ1n) is 5.95. The summed E-state index contributed by atoms with van der Waals surface area (Å²) in [5.74, 6) is -0.831. The number of piperidine rings is 1. The standard InChI is InChI=1S/C13H15BrClNO2/c14-11-7-9(1-2-12(11)15)8-16-5-3-10(4-6-16)13(17)18/h1-2,7,10H,3-6,8H2,(H,17,18). The van der Waals surface area contributed by atoms with E-state index in [9.17, 15) is 4.79 Å². The Bertz CT molecular complexity index is 445. The van der Waals surface area contributed by atoms with Gasteiger partial charge in [0.05, 0.1) is 10.9 Å². The van der Waals surface area contributed by atoms with E-state index in [1.165, 1.54) is 5.56 Å². The Balaban J connectivity index is 1.91. The topological polar surface area (TPSA) is 40.5 Å². The molecule has 1 heterocycles. The average Bonchev–Trinajstić information content (AvgIpc) is 2.34. The quantitative estimate of drug-likeness (QED) is 0.922. The molecule has 0 atom stereocenters. The maximum absolute atomic E-state index is 10.9. The van der Waals surface area contributed by atoms with Crippen LogP contribution >= 0.6 is 27.5 Å². The normalized spacial score (nSPS) is 17.9. The molecule has 1 aliphatic rings. The first kappa shape index (κ1) is 13.8. The molecule has 0 bridgehead atoms. The van der Waals surface area contributed by atoms with Crippen molar-refractivity contribution in [2.75, 3.05) is 13.1 Å². The van der Waals surface area contributed by atoms with Crippen LogP contribution in [0.2, 0.25) is 5.02 Å². The first-order valence-corrected chi connectivity index (χ1v) is 7.12. The summed E-state index contributed by atoms with van der Waals surface area (Å²) in [5, 5.41) is 9.65. The second-order valence-corrected chi connectivity index (χ2v) is 5.90. The number of carbonyl (C=O) groups is 1. The first-order chi connectivity index (χ1) is 8.56. The second-order valence-electron chi connectivity index (χ2n) is 4.64. The van der Waals surface area contributed by atoms with Gasteiger partial charge in [-0.1, -0.05) is 17.7 Å². The van der Waals surface area contributed by atoms with Crippen molar-refractivity contribution in [3.63, 3.8) is 0 Å². The molecule has 0 saturated carbocycles. The van der Waals surface area contributed by atoms with Crippen LogP contribution in [0.4, 0.5) is 0 Å². The van der Waals surface area contributed by atoms with Crippen molar-refractivity contribution in [2.24, 2.45) is 5.92 Å². The number of aliphatic carboxylic acids is 1. The molecule has 1 N–H and O–H groups in total. The van der Waals surface area contributed by atoms with Crippen LogP contribution in [0.1, 0.15) is 18.4 Å². The molecule has 0 radical (unpaired) electrons. The summed E-state index contributed by atoms with van der Waals surface area (Å²) in [6.45, 7) is 2.54. The highest BCUT2D eigenvalue weighted by molar-refractivity contribution is 9.10. The van der Waals surface area contributed by atoms with Gasteiger partial charge >= 0.3 is 5.97 Å². The molecule has 2 rings (SSSR count). The van der Waals surface area contributed by atoms with Gasteiger partial charge in [0.2, 0.25) is 0 Å². The molecule has 1 aromatic rings. The van der Waals surface area contributed by atoms with Gasteiger partial charge in [0.15, 0.2) is 0 Å². The van der Waals surface area contributed by atoms with Gasteiger partial charge in [-0.2, -0.15) is 0 Å². The molecular weight excluding hydrogens is 318 g/mol. The smallest absolute Gasteiger partial charge is 0.306 e. The molecule has 1 fully saturated rings. The van der Waals surface area contributed by atoms with Crippen molar-refractivity contribution < 1.29 is 9.90 Å². The lowest BCUT2D eigenvalue weighted by molar-refractivity contribution is -0.143. The Labute approximate surface area is 120 Å². The highest BCUT2D eigenvalue weighted by Crippen LogP contribution is 2.25. The molecule has 98 valence electrons. The molecule has 18 heavy (non-hydrogen) atoms. The lowest BCUT2D eigenvalue weighted by atomic mass is 9.97. The second kappa shape index (κ2) is 6.04. The maximum Gasteiger partial charge on any atom is 0.306 e. The molecule has 1 saturated heterocycles. The van der Waals surface area contributed by atoms with E-state index in [0.717, 1.165) is 36.9 Å².